The normalized spacial score (nSPS) is 8.50. The molecule has 0 unspecified atom stereocenters. The molecule has 1 aromatic carbocycles. The van der Waals surface area contributed by atoms with Crippen molar-refractivity contribution in [1.29, 1.82) is 0 Å². The topological polar surface area (TPSA) is 43.3 Å². The van der Waals surface area contributed by atoms with E-state index in [1.54, 1.807) is 18.2 Å². The second-order valence-corrected chi connectivity index (χ2v) is 1.77. The van der Waals surface area contributed by atoms with Crippen molar-refractivity contribution in [3.05, 3.63) is 29.8 Å². The van der Waals surface area contributed by atoms with E-state index in [-0.39, 0.29) is 41.9 Å². The minimum absolute atomic E-state index is 0. The molecular weight excluding hydrogens is 139 g/mol. The van der Waals surface area contributed by atoms with Crippen LogP contribution in [0.3, 0.4) is 0 Å². The first-order chi connectivity index (χ1) is 4.34. The summed E-state index contributed by atoms with van der Waals surface area (Å²) in [6.07, 6.45) is 0. The van der Waals surface area contributed by atoms with Gasteiger partial charge in [-0.05, 0) is 5.56 Å². The Hall–Kier alpha value is -0.0200. The van der Waals surface area contributed by atoms with Gasteiger partial charge in [-0.15, -0.1) is 5.75 Å². The SMILES string of the molecule is [Na+].[O-]c1ccccc1CO. The second kappa shape index (κ2) is 4.74. The van der Waals surface area contributed by atoms with E-state index < -0.39 is 0 Å². The molecule has 0 bridgehead atoms. The molecule has 1 N–H and O–H groups in total. The van der Waals surface area contributed by atoms with Gasteiger partial charge in [-0.25, -0.2) is 0 Å². The third kappa shape index (κ3) is 2.31. The average molecular weight is 146 g/mol. The van der Waals surface area contributed by atoms with Gasteiger partial charge >= 0.3 is 29.6 Å². The van der Waals surface area contributed by atoms with Gasteiger partial charge in [0.05, 0.1) is 6.61 Å². The van der Waals surface area contributed by atoms with Crippen LogP contribution in [0.4, 0.5) is 0 Å². The molecule has 2 nitrogen and oxygen atoms in total. The molecule has 48 valence electrons. The third-order valence-corrected chi connectivity index (χ3v) is 1.14. The maximum Gasteiger partial charge on any atom is 1.00 e. The Morgan fingerprint density at radius 3 is 2.30 bits per heavy atom. The van der Waals surface area contributed by atoms with Crippen LogP contribution in [-0.4, -0.2) is 5.11 Å². The molecule has 0 atom stereocenters. The number of aliphatic hydroxyl groups is 1. The van der Waals surface area contributed by atoms with Crippen LogP contribution in [0.15, 0.2) is 24.3 Å². The number of para-hydroxylation sites is 1. The summed E-state index contributed by atoms with van der Waals surface area (Å²) in [7, 11) is 0. The van der Waals surface area contributed by atoms with Gasteiger partial charge in [0.1, 0.15) is 0 Å². The minimum atomic E-state index is -0.167. The van der Waals surface area contributed by atoms with Crippen molar-refractivity contribution in [2.45, 2.75) is 6.61 Å². The van der Waals surface area contributed by atoms with Crippen molar-refractivity contribution >= 4 is 0 Å². The van der Waals surface area contributed by atoms with Gasteiger partial charge < -0.3 is 10.2 Å². The smallest absolute Gasteiger partial charge is 0.872 e. The maximum atomic E-state index is 10.7. The quantitative estimate of drug-likeness (QED) is 0.437. The summed E-state index contributed by atoms with van der Waals surface area (Å²) < 4.78 is 0. The molecule has 0 fully saturated rings. The molecule has 3 heteroatoms. The summed E-state index contributed by atoms with van der Waals surface area (Å²) in [6.45, 7) is -0.167. The zero-order chi connectivity index (χ0) is 6.69. The first-order valence-electron chi connectivity index (χ1n) is 2.70. The number of hydrogen-bond donors (Lipinski definition) is 1. The number of aliphatic hydroxyl groups excluding tert-OH is 1. The van der Waals surface area contributed by atoms with Crippen LogP contribution in [0.5, 0.6) is 5.75 Å². The van der Waals surface area contributed by atoms with E-state index in [9.17, 15) is 5.11 Å². The monoisotopic (exact) mass is 146 g/mol. The summed E-state index contributed by atoms with van der Waals surface area (Å²) in [5.74, 6) is -0.0972. The Morgan fingerprint density at radius 2 is 1.90 bits per heavy atom. The second-order valence-electron chi connectivity index (χ2n) is 1.77. The molecule has 0 aliphatic rings. The van der Waals surface area contributed by atoms with Crippen molar-refractivity contribution in [3.63, 3.8) is 0 Å². The zero-order valence-corrected chi connectivity index (χ0v) is 7.87. The first kappa shape index (κ1) is 9.98. The largest absolute Gasteiger partial charge is 1.00 e. The molecule has 0 aromatic heterocycles. The predicted molar refractivity (Wildman–Crippen MR) is 31.8 cm³/mol. The van der Waals surface area contributed by atoms with Crippen LogP contribution in [0.1, 0.15) is 5.56 Å². The fraction of sp³-hybridized carbons (Fsp3) is 0.143. The molecule has 0 amide bonds. The Kier molecular flexibility index (Phi) is 4.73. The van der Waals surface area contributed by atoms with Crippen molar-refractivity contribution in [3.8, 4) is 5.75 Å². The van der Waals surface area contributed by atoms with E-state index in [4.69, 9.17) is 5.11 Å². The molecule has 0 aliphatic carbocycles. The number of benzene rings is 1. The van der Waals surface area contributed by atoms with E-state index >= 15 is 0 Å². The standard InChI is InChI=1S/C7H8O2.Na/c8-5-6-3-1-2-4-7(6)9;/h1-4,8-9H,5H2;/q;+1/p-1. The fourth-order valence-electron chi connectivity index (χ4n) is 0.634. The van der Waals surface area contributed by atoms with Gasteiger partial charge in [0.2, 0.25) is 0 Å². The van der Waals surface area contributed by atoms with E-state index in [2.05, 4.69) is 0 Å². The van der Waals surface area contributed by atoms with Crippen molar-refractivity contribution in [2.24, 2.45) is 0 Å². The molecule has 0 saturated carbocycles. The molecule has 1 aromatic rings. The minimum Gasteiger partial charge on any atom is -0.872 e. The van der Waals surface area contributed by atoms with Gasteiger partial charge in [0.15, 0.2) is 0 Å². The molecular formula is C7H7NaO2. The van der Waals surface area contributed by atoms with E-state index in [1.165, 1.54) is 6.07 Å². The van der Waals surface area contributed by atoms with Gasteiger partial charge in [0, 0.05) is 0 Å². The van der Waals surface area contributed by atoms with Gasteiger partial charge in [0.25, 0.3) is 0 Å². The molecule has 0 radical (unpaired) electrons. The fourth-order valence-corrected chi connectivity index (χ4v) is 0.634. The summed E-state index contributed by atoms with van der Waals surface area (Å²) in [5.41, 5.74) is 0.456. The van der Waals surface area contributed by atoms with E-state index in [0.29, 0.717) is 5.56 Å². The van der Waals surface area contributed by atoms with Gasteiger partial charge in [-0.2, -0.15) is 0 Å². The molecule has 10 heavy (non-hydrogen) atoms. The maximum absolute atomic E-state index is 10.7. The Bertz CT molecular complexity index is 201. The van der Waals surface area contributed by atoms with Crippen molar-refractivity contribution < 1.29 is 39.8 Å². The molecule has 1 rings (SSSR count). The Balaban J connectivity index is 0.000000810. The van der Waals surface area contributed by atoms with Crippen LogP contribution in [0.25, 0.3) is 0 Å². The molecule has 0 heterocycles. The van der Waals surface area contributed by atoms with Crippen LogP contribution in [-0.2, 0) is 6.61 Å². The summed E-state index contributed by atoms with van der Waals surface area (Å²) >= 11 is 0. The summed E-state index contributed by atoms with van der Waals surface area (Å²) in [4.78, 5) is 0. The summed E-state index contributed by atoms with van der Waals surface area (Å²) in [6, 6.07) is 6.43. The Labute approximate surface area is 81.8 Å². The predicted octanol–water partition coefficient (Wildman–Crippen LogP) is -2.74. The number of rotatable bonds is 1. The van der Waals surface area contributed by atoms with Crippen molar-refractivity contribution in [2.75, 3.05) is 0 Å². The van der Waals surface area contributed by atoms with Crippen LogP contribution < -0.4 is 34.7 Å². The van der Waals surface area contributed by atoms with Crippen LogP contribution in [0, 0.1) is 0 Å². The van der Waals surface area contributed by atoms with Gasteiger partial charge in [-0.1, -0.05) is 24.3 Å². The van der Waals surface area contributed by atoms with E-state index in [0.717, 1.165) is 0 Å². The van der Waals surface area contributed by atoms with Gasteiger partial charge in [-0.3, -0.25) is 0 Å². The molecule has 0 spiro atoms. The molecule has 0 aliphatic heterocycles. The average Bonchev–Trinajstić information content (AvgIpc) is 1.89. The van der Waals surface area contributed by atoms with Crippen LogP contribution in [0.2, 0.25) is 0 Å². The summed E-state index contributed by atoms with van der Waals surface area (Å²) in [5, 5.41) is 19.2. The molecule has 0 saturated heterocycles. The van der Waals surface area contributed by atoms with Crippen LogP contribution >= 0.6 is 0 Å². The van der Waals surface area contributed by atoms with E-state index in [1.807, 2.05) is 0 Å². The third-order valence-electron chi connectivity index (χ3n) is 1.14. The Morgan fingerprint density at radius 1 is 1.30 bits per heavy atom. The number of hydrogen-bond acceptors (Lipinski definition) is 2. The van der Waals surface area contributed by atoms with Crippen molar-refractivity contribution in [1.82, 2.24) is 0 Å². The zero-order valence-electron chi connectivity index (χ0n) is 5.87. The first-order valence-corrected chi connectivity index (χ1v) is 2.70.